The summed E-state index contributed by atoms with van der Waals surface area (Å²) in [6.45, 7) is 2.86. The molecule has 1 rings (SSSR count). The van der Waals surface area contributed by atoms with Crippen LogP contribution in [-0.4, -0.2) is 51.6 Å². The maximum Gasteiger partial charge on any atom is 0.237 e. The second-order valence-electron chi connectivity index (χ2n) is 5.00. The molecule has 6 nitrogen and oxygen atoms in total. The zero-order valence-electron chi connectivity index (χ0n) is 11.7. The van der Waals surface area contributed by atoms with Crippen LogP contribution in [0.1, 0.15) is 25.7 Å². The SMILES string of the molecule is COCCOCCOCCC1CCCC1(N)C(N)=O. The highest BCUT2D eigenvalue weighted by atomic mass is 16.5. The molecule has 0 saturated heterocycles. The van der Waals surface area contributed by atoms with E-state index in [1.165, 1.54) is 0 Å². The Kier molecular flexibility index (Phi) is 7.30. The fourth-order valence-electron chi connectivity index (χ4n) is 2.52. The Morgan fingerprint density at radius 3 is 2.47 bits per heavy atom. The number of rotatable bonds is 10. The van der Waals surface area contributed by atoms with Crippen LogP contribution < -0.4 is 11.5 Å². The first-order chi connectivity index (χ1) is 9.11. The molecule has 0 aromatic rings. The topological polar surface area (TPSA) is 96.8 Å². The summed E-state index contributed by atoms with van der Waals surface area (Å²) in [5.41, 5.74) is 10.6. The Morgan fingerprint density at radius 2 is 1.84 bits per heavy atom. The van der Waals surface area contributed by atoms with Gasteiger partial charge in [0.1, 0.15) is 0 Å². The molecule has 0 heterocycles. The van der Waals surface area contributed by atoms with Gasteiger partial charge in [0.2, 0.25) is 5.91 Å². The summed E-state index contributed by atoms with van der Waals surface area (Å²) in [5.74, 6) is -0.252. The van der Waals surface area contributed by atoms with E-state index in [0.29, 0.717) is 39.5 Å². The third-order valence-electron chi connectivity index (χ3n) is 3.74. The van der Waals surface area contributed by atoms with Crippen molar-refractivity contribution in [2.45, 2.75) is 31.2 Å². The quantitative estimate of drug-likeness (QED) is 0.548. The Balaban J connectivity index is 2.07. The molecule has 19 heavy (non-hydrogen) atoms. The zero-order chi connectivity index (χ0) is 14.1. The predicted molar refractivity (Wildman–Crippen MR) is 71.6 cm³/mol. The number of amides is 1. The van der Waals surface area contributed by atoms with E-state index in [-0.39, 0.29) is 5.92 Å². The maximum atomic E-state index is 11.4. The van der Waals surface area contributed by atoms with E-state index in [2.05, 4.69) is 0 Å². The Morgan fingerprint density at radius 1 is 1.21 bits per heavy atom. The second kappa shape index (κ2) is 8.47. The minimum atomic E-state index is -0.835. The van der Waals surface area contributed by atoms with Gasteiger partial charge < -0.3 is 25.7 Å². The van der Waals surface area contributed by atoms with E-state index in [9.17, 15) is 4.79 Å². The summed E-state index contributed by atoms with van der Waals surface area (Å²) >= 11 is 0. The van der Waals surface area contributed by atoms with Crippen LogP contribution in [0, 0.1) is 5.92 Å². The lowest BCUT2D eigenvalue weighted by Crippen LogP contribution is -2.54. The third-order valence-corrected chi connectivity index (χ3v) is 3.74. The van der Waals surface area contributed by atoms with Gasteiger partial charge in [-0.1, -0.05) is 6.42 Å². The second-order valence-corrected chi connectivity index (χ2v) is 5.00. The van der Waals surface area contributed by atoms with Crippen LogP contribution >= 0.6 is 0 Å². The largest absolute Gasteiger partial charge is 0.382 e. The summed E-state index contributed by atoms with van der Waals surface area (Å²) in [6.07, 6.45) is 3.38. The number of hydrogen-bond acceptors (Lipinski definition) is 5. The number of methoxy groups -OCH3 is 1. The van der Waals surface area contributed by atoms with Crippen molar-refractivity contribution in [3.05, 3.63) is 0 Å². The molecule has 1 saturated carbocycles. The molecule has 0 bridgehead atoms. The van der Waals surface area contributed by atoms with Gasteiger partial charge in [0.05, 0.1) is 32.0 Å². The lowest BCUT2D eigenvalue weighted by Gasteiger charge is -2.27. The lowest BCUT2D eigenvalue weighted by molar-refractivity contribution is -0.124. The first kappa shape index (κ1) is 16.4. The van der Waals surface area contributed by atoms with Crippen LogP contribution in [0.2, 0.25) is 0 Å². The summed E-state index contributed by atoms with van der Waals surface area (Å²) in [5, 5.41) is 0. The van der Waals surface area contributed by atoms with Crippen LogP contribution in [0.15, 0.2) is 0 Å². The zero-order valence-corrected chi connectivity index (χ0v) is 11.7. The summed E-state index contributed by atoms with van der Waals surface area (Å²) < 4.78 is 15.6. The lowest BCUT2D eigenvalue weighted by atomic mass is 9.85. The number of nitrogens with two attached hydrogens (primary N) is 2. The molecule has 6 heteroatoms. The van der Waals surface area contributed by atoms with Crippen molar-refractivity contribution in [3.63, 3.8) is 0 Å². The van der Waals surface area contributed by atoms with Gasteiger partial charge in [-0.3, -0.25) is 4.79 Å². The molecule has 112 valence electrons. The van der Waals surface area contributed by atoms with Crippen LogP contribution in [0.25, 0.3) is 0 Å². The van der Waals surface area contributed by atoms with Gasteiger partial charge >= 0.3 is 0 Å². The van der Waals surface area contributed by atoms with Crippen LogP contribution in [-0.2, 0) is 19.0 Å². The highest BCUT2D eigenvalue weighted by Gasteiger charge is 2.43. The van der Waals surface area contributed by atoms with E-state index in [1.54, 1.807) is 7.11 Å². The monoisotopic (exact) mass is 274 g/mol. The molecule has 0 radical (unpaired) electrons. The number of hydrogen-bond donors (Lipinski definition) is 2. The highest BCUT2D eigenvalue weighted by molar-refractivity contribution is 5.85. The molecule has 2 atom stereocenters. The fourth-order valence-corrected chi connectivity index (χ4v) is 2.52. The van der Waals surface area contributed by atoms with Gasteiger partial charge in [-0.25, -0.2) is 0 Å². The smallest absolute Gasteiger partial charge is 0.237 e. The average molecular weight is 274 g/mol. The van der Waals surface area contributed by atoms with Gasteiger partial charge in [-0.05, 0) is 25.2 Å². The standard InChI is InChI=1S/C13H26N2O4/c1-17-7-8-19-10-9-18-6-4-11-3-2-5-13(11,15)12(14)16/h11H,2-10,15H2,1H3,(H2,14,16). The number of primary amides is 1. The van der Waals surface area contributed by atoms with Gasteiger partial charge in [0.15, 0.2) is 0 Å². The molecular weight excluding hydrogens is 248 g/mol. The maximum absolute atomic E-state index is 11.4. The van der Waals surface area contributed by atoms with Crippen molar-refractivity contribution < 1.29 is 19.0 Å². The number of carbonyl (C=O) groups excluding carboxylic acids is 1. The van der Waals surface area contributed by atoms with Gasteiger partial charge in [0, 0.05) is 13.7 Å². The van der Waals surface area contributed by atoms with Crippen molar-refractivity contribution in [3.8, 4) is 0 Å². The van der Waals surface area contributed by atoms with Crippen LogP contribution in [0.5, 0.6) is 0 Å². The van der Waals surface area contributed by atoms with Crippen molar-refractivity contribution in [2.24, 2.45) is 17.4 Å². The molecule has 1 fully saturated rings. The summed E-state index contributed by atoms with van der Waals surface area (Å²) in [6, 6.07) is 0. The van der Waals surface area contributed by atoms with Crippen LogP contribution in [0.4, 0.5) is 0 Å². The first-order valence-electron chi connectivity index (χ1n) is 6.84. The molecule has 4 N–H and O–H groups in total. The summed E-state index contributed by atoms with van der Waals surface area (Å²) in [7, 11) is 1.64. The van der Waals surface area contributed by atoms with Crippen LogP contribution in [0.3, 0.4) is 0 Å². The van der Waals surface area contributed by atoms with Crippen molar-refractivity contribution in [1.82, 2.24) is 0 Å². The Bertz CT molecular complexity index is 275. The Hall–Kier alpha value is -0.690. The average Bonchev–Trinajstić information content (AvgIpc) is 2.76. The van der Waals surface area contributed by atoms with E-state index < -0.39 is 11.4 Å². The molecule has 0 spiro atoms. The molecule has 1 amide bonds. The van der Waals surface area contributed by atoms with E-state index in [0.717, 1.165) is 19.3 Å². The molecule has 0 aliphatic heterocycles. The number of carbonyl (C=O) groups is 1. The van der Waals surface area contributed by atoms with Crippen molar-refractivity contribution in [2.75, 3.05) is 40.1 Å². The molecule has 1 aliphatic rings. The van der Waals surface area contributed by atoms with Gasteiger partial charge in [-0.15, -0.1) is 0 Å². The van der Waals surface area contributed by atoms with Gasteiger partial charge in [0.25, 0.3) is 0 Å². The summed E-state index contributed by atoms with van der Waals surface area (Å²) in [4.78, 5) is 11.4. The molecule has 1 aliphatic carbocycles. The molecule has 2 unspecified atom stereocenters. The highest BCUT2D eigenvalue weighted by Crippen LogP contribution is 2.35. The van der Waals surface area contributed by atoms with E-state index >= 15 is 0 Å². The van der Waals surface area contributed by atoms with Crippen molar-refractivity contribution in [1.29, 1.82) is 0 Å². The Labute approximate surface area is 114 Å². The number of ether oxygens (including phenoxy) is 3. The first-order valence-corrected chi connectivity index (χ1v) is 6.84. The normalized spacial score (nSPS) is 26.7. The van der Waals surface area contributed by atoms with E-state index in [1.807, 2.05) is 0 Å². The minimum absolute atomic E-state index is 0.138. The van der Waals surface area contributed by atoms with E-state index in [4.69, 9.17) is 25.7 Å². The molecule has 0 aromatic heterocycles. The minimum Gasteiger partial charge on any atom is -0.382 e. The third kappa shape index (κ3) is 5.06. The molecule has 0 aromatic carbocycles. The predicted octanol–water partition coefficient (Wildman–Crippen LogP) is 0.0390. The molecular formula is C13H26N2O4. The fraction of sp³-hybridized carbons (Fsp3) is 0.923. The van der Waals surface area contributed by atoms with Crippen molar-refractivity contribution >= 4 is 5.91 Å². The van der Waals surface area contributed by atoms with Gasteiger partial charge in [-0.2, -0.15) is 0 Å².